The number of hydrogen-bond donors (Lipinski definition) is 1. The molecular weight excluding hydrogens is 258 g/mol. The lowest BCUT2D eigenvalue weighted by atomic mass is 9.86. The topological polar surface area (TPSA) is 39.1 Å². The number of rotatable bonds is 5. The van der Waals surface area contributed by atoms with Crippen molar-refractivity contribution < 1.29 is 0 Å². The molecule has 0 aromatic heterocycles. The molecule has 1 fully saturated rings. The van der Waals surface area contributed by atoms with E-state index in [-0.39, 0.29) is 0 Å². The zero-order valence-corrected chi connectivity index (χ0v) is 13.5. The Bertz CT molecular complexity index is 496. The SMILES string of the molecule is CCNCc1ccc(N(C)C2CCC(C)CC2)c(C#N)c1. The van der Waals surface area contributed by atoms with Gasteiger partial charge in [0, 0.05) is 19.6 Å². The maximum Gasteiger partial charge on any atom is 0.101 e. The number of nitrogens with zero attached hydrogens (tertiary/aromatic N) is 2. The van der Waals surface area contributed by atoms with Crippen LogP contribution in [0.1, 0.15) is 50.7 Å². The molecule has 0 amide bonds. The van der Waals surface area contributed by atoms with Crippen LogP contribution in [0, 0.1) is 17.2 Å². The molecule has 0 saturated heterocycles. The van der Waals surface area contributed by atoms with Gasteiger partial charge in [-0.1, -0.05) is 19.9 Å². The quantitative estimate of drug-likeness (QED) is 0.897. The Balaban J connectivity index is 2.13. The molecule has 1 aliphatic rings. The van der Waals surface area contributed by atoms with Crippen LogP contribution in [0.2, 0.25) is 0 Å². The van der Waals surface area contributed by atoms with E-state index in [1.165, 1.54) is 31.2 Å². The molecule has 1 N–H and O–H groups in total. The Hall–Kier alpha value is -1.53. The van der Waals surface area contributed by atoms with Gasteiger partial charge in [0.15, 0.2) is 0 Å². The summed E-state index contributed by atoms with van der Waals surface area (Å²) in [5.41, 5.74) is 3.06. The lowest BCUT2D eigenvalue weighted by molar-refractivity contribution is 0.340. The van der Waals surface area contributed by atoms with E-state index in [0.717, 1.165) is 30.3 Å². The van der Waals surface area contributed by atoms with Gasteiger partial charge in [-0.05, 0) is 55.8 Å². The van der Waals surface area contributed by atoms with Gasteiger partial charge >= 0.3 is 0 Å². The van der Waals surface area contributed by atoms with Gasteiger partial charge in [-0.15, -0.1) is 0 Å². The molecule has 1 aliphatic carbocycles. The fraction of sp³-hybridized carbons (Fsp3) is 0.611. The summed E-state index contributed by atoms with van der Waals surface area (Å²) in [5.74, 6) is 0.854. The van der Waals surface area contributed by atoms with Crippen molar-refractivity contribution >= 4 is 5.69 Å². The summed E-state index contributed by atoms with van der Waals surface area (Å²) in [6.07, 6.45) is 5.08. The number of benzene rings is 1. The zero-order valence-electron chi connectivity index (χ0n) is 13.5. The highest BCUT2D eigenvalue weighted by atomic mass is 15.1. The summed E-state index contributed by atoms with van der Waals surface area (Å²) in [6, 6.07) is 9.23. The third kappa shape index (κ3) is 3.98. The van der Waals surface area contributed by atoms with E-state index in [0.29, 0.717) is 6.04 Å². The molecule has 0 spiro atoms. The summed E-state index contributed by atoms with van der Waals surface area (Å²) in [6.45, 7) is 6.21. The smallest absolute Gasteiger partial charge is 0.101 e. The number of nitrogens with one attached hydrogen (secondary N) is 1. The second-order valence-electron chi connectivity index (χ2n) is 6.27. The van der Waals surface area contributed by atoms with E-state index in [1.54, 1.807) is 0 Å². The van der Waals surface area contributed by atoms with E-state index >= 15 is 0 Å². The monoisotopic (exact) mass is 285 g/mol. The van der Waals surface area contributed by atoms with Gasteiger partial charge in [0.1, 0.15) is 6.07 Å². The Morgan fingerprint density at radius 3 is 2.62 bits per heavy atom. The molecule has 1 aromatic rings. The van der Waals surface area contributed by atoms with Crippen LogP contribution in [0.25, 0.3) is 0 Å². The normalized spacial score (nSPS) is 21.8. The van der Waals surface area contributed by atoms with E-state index in [4.69, 9.17) is 0 Å². The predicted molar refractivity (Wildman–Crippen MR) is 88.4 cm³/mol. The Kier molecular flexibility index (Phi) is 5.64. The van der Waals surface area contributed by atoms with Crippen LogP contribution in [-0.4, -0.2) is 19.6 Å². The van der Waals surface area contributed by atoms with Gasteiger partial charge < -0.3 is 10.2 Å². The minimum absolute atomic E-state index is 0.577. The maximum atomic E-state index is 9.46. The van der Waals surface area contributed by atoms with Crippen molar-refractivity contribution in [1.29, 1.82) is 5.26 Å². The molecule has 0 bridgehead atoms. The minimum atomic E-state index is 0.577. The molecule has 0 atom stereocenters. The first-order valence-corrected chi connectivity index (χ1v) is 8.12. The molecule has 0 unspecified atom stereocenters. The lowest BCUT2D eigenvalue weighted by Crippen LogP contribution is -2.35. The molecule has 0 aliphatic heterocycles. The number of hydrogen-bond acceptors (Lipinski definition) is 3. The molecule has 0 radical (unpaired) electrons. The highest BCUT2D eigenvalue weighted by molar-refractivity contribution is 5.60. The van der Waals surface area contributed by atoms with Crippen LogP contribution in [0.5, 0.6) is 0 Å². The van der Waals surface area contributed by atoms with Crippen LogP contribution in [0.3, 0.4) is 0 Å². The summed E-state index contributed by atoms with van der Waals surface area (Å²) >= 11 is 0. The van der Waals surface area contributed by atoms with Crippen LogP contribution in [0.15, 0.2) is 18.2 Å². The van der Waals surface area contributed by atoms with E-state index in [1.807, 2.05) is 6.07 Å². The lowest BCUT2D eigenvalue weighted by Gasteiger charge is -2.35. The van der Waals surface area contributed by atoms with Crippen molar-refractivity contribution in [3.8, 4) is 6.07 Å². The molecular formula is C18H27N3. The van der Waals surface area contributed by atoms with Crippen LogP contribution in [-0.2, 0) is 6.54 Å². The molecule has 21 heavy (non-hydrogen) atoms. The average molecular weight is 285 g/mol. The number of nitriles is 1. The first-order chi connectivity index (χ1) is 10.2. The van der Waals surface area contributed by atoms with Crippen LogP contribution < -0.4 is 10.2 Å². The predicted octanol–water partition coefficient (Wildman–Crippen LogP) is 3.68. The van der Waals surface area contributed by atoms with E-state index < -0.39 is 0 Å². The summed E-state index contributed by atoms with van der Waals surface area (Å²) in [7, 11) is 2.14. The van der Waals surface area contributed by atoms with Crippen LogP contribution >= 0.6 is 0 Å². The fourth-order valence-corrected chi connectivity index (χ4v) is 3.19. The molecule has 3 heteroatoms. The van der Waals surface area contributed by atoms with Gasteiger partial charge in [0.25, 0.3) is 0 Å². The van der Waals surface area contributed by atoms with Crippen molar-refractivity contribution in [3.05, 3.63) is 29.3 Å². The van der Waals surface area contributed by atoms with Crippen molar-refractivity contribution in [2.24, 2.45) is 5.92 Å². The summed E-state index contributed by atoms with van der Waals surface area (Å²) < 4.78 is 0. The van der Waals surface area contributed by atoms with Crippen LogP contribution in [0.4, 0.5) is 5.69 Å². The second kappa shape index (κ2) is 7.47. The molecule has 114 valence electrons. The molecule has 3 nitrogen and oxygen atoms in total. The van der Waals surface area contributed by atoms with E-state index in [2.05, 4.69) is 49.3 Å². The third-order valence-electron chi connectivity index (χ3n) is 4.67. The van der Waals surface area contributed by atoms with Crippen molar-refractivity contribution in [3.63, 3.8) is 0 Å². The van der Waals surface area contributed by atoms with Gasteiger partial charge in [-0.2, -0.15) is 5.26 Å². The highest BCUT2D eigenvalue weighted by Gasteiger charge is 2.23. The first kappa shape index (κ1) is 15.9. The van der Waals surface area contributed by atoms with Crippen molar-refractivity contribution in [1.82, 2.24) is 5.32 Å². The zero-order chi connectivity index (χ0) is 15.2. The van der Waals surface area contributed by atoms with Gasteiger partial charge in [-0.3, -0.25) is 0 Å². The molecule has 1 aromatic carbocycles. The molecule has 0 heterocycles. The first-order valence-electron chi connectivity index (χ1n) is 8.12. The average Bonchev–Trinajstić information content (AvgIpc) is 2.52. The standard InChI is InChI=1S/C18H27N3/c1-4-20-13-15-7-10-18(16(11-15)12-19)21(3)17-8-5-14(2)6-9-17/h7,10-11,14,17,20H,4-6,8-9,13H2,1-3H3. The third-order valence-corrected chi connectivity index (χ3v) is 4.67. The Morgan fingerprint density at radius 1 is 1.29 bits per heavy atom. The fourth-order valence-electron chi connectivity index (χ4n) is 3.19. The summed E-state index contributed by atoms with van der Waals surface area (Å²) in [5, 5.41) is 12.8. The molecule has 1 saturated carbocycles. The van der Waals surface area contributed by atoms with Crippen molar-refractivity contribution in [2.75, 3.05) is 18.5 Å². The van der Waals surface area contributed by atoms with Gasteiger partial charge in [0.2, 0.25) is 0 Å². The largest absolute Gasteiger partial charge is 0.371 e. The summed E-state index contributed by atoms with van der Waals surface area (Å²) in [4.78, 5) is 2.32. The Morgan fingerprint density at radius 2 is 2.00 bits per heavy atom. The second-order valence-corrected chi connectivity index (χ2v) is 6.27. The maximum absolute atomic E-state index is 9.46. The Labute approximate surface area is 129 Å². The van der Waals surface area contributed by atoms with Gasteiger partial charge in [0.05, 0.1) is 11.3 Å². The van der Waals surface area contributed by atoms with Crippen molar-refractivity contribution in [2.45, 2.75) is 52.1 Å². The minimum Gasteiger partial charge on any atom is -0.371 e. The van der Waals surface area contributed by atoms with Gasteiger partial charge in [-0.25, -0.2) is 0 Å². The number of anilines is 1. The van der Waals surface area contributed by atoms with E-state index in [9.17, 15) is 5.26 Å². The molecule has 2 rings (SSSR count). The highest BCUT2D eigenvalue weighted by Crippen LogP contribution is 2.31.